The van der Waals surface area contributed by atoms with E-state index in [9.17, 15) is 4.79 Å². The first-order valence-corrected chi connectivity index (χ1v) is 3.06. The standard InChI is InChI=1S/C4H2ClNOS/c5-4(7)3-1-2-6-8-3/h1-2H. The molecule has 4 heteroatoms. The maximum absolute atomic E-state index is 10.2. The SMILES string of the molecule is O=C(Cl)c1ccns1. The summed E-state index contributed by atoms with van der Waals surface area (Å²) in [5, 5.41) is -0.437. The highest BCUT2D eigenvalue weighted by molar-refractivity contribution is 7.10. The Morgan fingerprint density at radius 1 is 1.88 bits per heavy atom. The normalized spacial score (nSPS) is 9.12. The maximum atomic E-state index is 10.2. The van der Waals surface area contributed by atoms with Gasteiger partial charge in [0.2, 0.25) is 0 Å². The molecular formula is C4H2ClNOS. The summed E-state index contributed by atoms with van der Waals surface area (Å²) in [7, 11) is 0. The Kier molecular flexibility index (Phi) is 1.60. The summed E-state index contributed by atoms with van der Waals surface area (Å²) >= 11 is 6.18. The molecule has 0 saturated heterocycles. The van der Waals surface area contributed by atoms with Crippen molar-refractivity contribution in [2.45, 2.75) is 0 Å². The molecule has 1 aromatic heterocycles. The number of aromatic nitrogens is 1. The van der Waals surface area contributed by atoms with Crippen LogP contribution in [0.4, 0.5) is 0 Å². The molecule has 0 bridgehead atoms. The van der Waals surface area contributed by atoms with Gasteiger partial charge >= 0.3 is 0 Å². The molecule has 0 aliphatic carbocycles. The number of carbonyl (C=O) groups excluding carboxylic acids is 1. The first kappa shape index (κ1) is 5.72. The Balaban J connectivity index is 2.93. The van der Waals surface area contributed by atoms with Crippen molar-refractivity contribution in [3.63, 3.8) is 0 Å². The molecule has 0 amide bonds. The van der Waals surface area contributed by atoms with Crippen LogP contribution in [-0.2, 0) is 0 Å². The average Bonchev–Trinajstić information content (AvgIpc) is 2.12. The van der Waals surface area contributed by atoms with E-state index in [2.05, 4.69) is 4.37 Å². The number of rotatable bonds is 1. The predicted octanol–water partition coefficient (Wildman–Crippen LogP) is 1.52. The Labute approximate surface area is 55.3 Å². The molecule has 1 rings (SSSR count). The third-order valence-electron chi connectivity index (χ3n) is 0.632. The van der Waals surface area contributed by atoms with Gasteiger partial charge < -0.3 is 0 Å². The molecular weight excluding hydrogens is 146 g/mol. The Morgan fingerprint density at radius 2 is 2.62 bits per heavy atom. The molecule has 0 radical (unpaired) electrons. The summed E-state index contributed by atoms with van der Waals surface area (Å²) in [6, 6.07) is 1.58. The zero-order valence-electron chi connectivity index (χ0n) is 3.80. The van der Waals surface area contributed by atoms with Gasteiger partial charge in [-0.05, 0) is 29.2 Å². The molecule has 0 fully saturated rings. The van der Waals surface area contributed by atoms with Gasteiger partial charge in [-0.15, -0.1) is 0 Å². The number of halogens is 1. The highest BCUT2D eigenvalue weighted by atomic mass is 35.5. The minimum Gasteiger partial charge on any atom is -0.275 e. The van der Waals surface area contributed by atoms with Crippen LogP contribution in [-0.4, -0.2) is 9.62 Å². The lowest BCUT2D eigenvalue weighted by molar-refractivity contribution is 0.108. The van der Waals surface area contributed by atoms with Gasteiger partial charge in [0.25, 0.3) is 5.24 Å². The molecule has 42 valence electrons. The van der Waals surface area contributed by atoms with Crippen LogP contribution >= 0.6 is 23.1 Å². The van der Waals surface area contributed by atoms with Crippen molar-refractivity contribution in [2.24, 2.45) is 0 Å². The summed E-state index contributed by atoms with van der Waals surface area (Å²) in [5.41, 5.74) is 0. The van der Waals surface area contributed by atoms with E-state index >= 15 is 0 Å². The second-order valence-electron chi connectivity index (χ2n) is 1.15. The lowest BCUT2D eigenvalue weighted by atomic mass is 10.5. The minimum absolute atomic E-state index is 0.437. The Bertz CT molecular complexity index is 184. The fourth-order valence-electron chi connectivity index (χ4n) is 0.317. The average molecular weight is 148 g/mol. The molecule has 0 saturated carbocycles. The van der Waals surface area contributed by atoms with E-state index in [0.717, 1.165) is 11.5 Å². The molecule has 0 aromatic carbocycles. The highest BCUT2D eigenvalue weighted by Crippen LogP contribution is 2.06. The minimum atomic E-state index is -0.437. The van der Waals surface area contributed by atoms with Crippen molar-refractivity contribution in [1.82, 2.24) is 4.37 Å². The van der Waals surface area contributed by atoms with Gasteiger partial charge in [-0.2, -0.15) is 0 Å². The second-order valence-corrected chi connectivity index (χ2v) is 2.33. The van der Waals surface area contributed by atoms with Gasteiger partial charge in [0.15, 0.2) is 0 Å². The van der Waals surface area contributed by atoms with Crippen LogP contribution in [0, 0.1) is 0 Å². The molecule has 0 unspecified atom stereocenters. The summed E-state index contributed by atoms with van der Waals surface area (Å²) in [4.78, 5) is 10.7. The quantitative estimate of drug-likeness (QED) is 0.564. The zero-order chi connectivity index (χ0) is 5.98. The van der Waals surface area contributed by atoms with Gasteiger partial charge in [-0.3, -0.25) is 4.79 Å². The maximum Gasteiger partial charge on any atom is 0.263 e. The van der Waals surface area contributed by atoms with Crippen LogP contribution < -0.4 is 0 Å². The predicted molar refractivity (Wildman–Crippen MR) is 32.3 cm³/mol. The molecule has 0 atom stereocenters. The highest BCUT2D eigenvalue weighted by Gasteiger charge is 2.00. The van der Waals surface area contributed by atoms with Crippen LogP contribution in [0.5, 0.6) is 0 Å². The van der Waals surface area contributed by atoms with Gasteiger partial charge in [0.05, 0.1) is 0 Å². The van der Waals surface area contributed by atoms with E-state index in [-0.39, 0.29) is 0 Å². The van der Waals surface area contributed by atoms with E-state index in [4.69, 9.17) is 11.6 Å². The Hall–Kier alpha value is -0.410. The lowest BCUT2D eigenvalue weighted by Crippen LogP contribution is -1.78. The fraction of sp³-hybridized carbons (Fsp3) is 0. The largest absolute Gasteiger partial charge is 0.275 e. The van der Waals surface area contributed by atoms with Crippen LogP contribution in [0.3, 0.4) is 0 Å². The number of nitrogens with zero attached hydrogens (tertiary/aromatic N) is 1. The number of carbonyl (C=O) groups is 1. The van der Waals surface area contributed by atoms with E-state index < -0.39 is 5.24 Å². The first-order valence-electron chi connectivity index (χ1n) is 1.91. The molecule has 2 nitrogen and oxygen atoms in total. The Morgan fingerprint density at radius 3 is 2.88 bits per heavy atom. The van der Waals surface area contributed by atoms with Crippen molar-refractivity contribution < 1.29 is 4.79 Å². The van der Waals surface area contributed by atoms with Gasteiger partial charge in [0, 0.05) is 6.20 Å². The number of hydrogen-bond donors (Lipinski definition) is 0. The molecule has 0 spiro atoms. The fourth-order valence-corrected chi connectivity index (χ4v) is 0.912. The number of hydrogen-bond acceptors (Lipinski definition) is 3. The van der Waals surface area contributed by atoms with Crippen LogP contribution in [0.2, 0.25) is 0 Å². The monoisotopic (exact) mass is 147 g/mol. The molecule has 8 heavy (non-hydrogen) atoms. The lowest BCUT2D eigenvalue weighted by Gasteiger charge is -1.74. The van der Waals surface area contributed by atoms with Crippen molar-refractivity contribution in [3.05, 3.63) is 17.1 Å². The third kappa shape index (κ3) is 1.05. The first-order chi connectivity index (χ1) is 3.80. The molecule has 1 aromatic rings. The van der Waals surface area contributed by atoms with Gasteiger partial charge in [-0.25, -0.2) is 4.37 Å². The summed E-state index contributed by atoms with van der Waals surface area (Å²) in [6.45, 7) is 0. The summed E-state index contributed by atoms with van der Waals surface area (Å²) in [6.07, 6.45) is 1.54. The van der Waals surface area contributed by atoms with Gasteiger partial charge in [-0.1, -0.05) is 0 Å². The van der Waals surface area contributed by atoms with Crippen LogP contribution in [0.25, 0.3) is 0 Å². The van der Waals surface area contributed by atoms with Crippen molar-refractivity contribution >= 4 is 28.4 Å². The van der Waals surface area contributed by atoms with Crippen molar-refractivity contribution in [3.8, 4) is 0 Å². The molecule has 0 aliphatic heterocycles. The summed E-state index contributed by atoms with van der Waals surface area (Å²) in [5.74, 6) is 0. The van der Waals surface area contributed by atoms with Gasteiger partial charge in [0.1, 0.15) is 4.88 Å². The van der Waals surface area contributed by atoms with Crippen molar-refractivity contribution in [1.29, 1.82) is 0 Å². The third-order valence-corrected chi connectivity index (χ3v) is 1.69. The second kappa shape index (κ2) is 2.24. The smallest absolute Gasteiger partial charge is 0.263 e. The molecule has 1 heterocycles. The van der Waals surface area contributed by atoms with Crippen molar-refractivity contribution in [2.75, 3.05) is 0 Å². The van der Waals surface area contributed by atoms with E-state index in [1.54, 1.807) is 12.3 Å². The van der Waals surface area contributed by atoms with E-state index in [0.29, 0.717) is 4.88 Å². The molecule has 0 N–H and O–H groups in total. The topological polar surface area (TPSA) is 30.0 Å². The summed E-state index contributed by atoms with van der Waals surface area (Å²) < 4.78 is 3.68. The van der Waals surface area contributed by atoms with E-state index in [1.165, 1.54) is 0 Å². The zero-order valence-corrected chi connectivity index (χ0v) is 5.37. The van der Waals surface area contributed by atoms with Crippen LogP contribution in [0.15, 0.2) is 12.3 Å². The molecule has 0 aliphatic rings. The van der Waals surface area contributed by atoms with Crippen LogP contribution in [0.1, 0.15) is 9.67 Å². The van der Waals surface area contributed by atoms with E-state index in [1.807, 2.05) is 0 Å².